The van der Waals surface area contributed by atoms with Crippen molar-refractivity contribution in [3.05, 3.63) is 102 Å². The molecule has 29 heavy (non-hydrogen) atoms. The van der Waals surface area contributed by atoms with Crippen LogP contribution < -0.4 is 4.90 Å². The summed E-state index contributed by atoms with van der Waals surface area (Å²) in [6.07, 6.45) is 0. The van der Waals surface area contributed by atoms with E-state index in [1.165, 1.54) is 12.1 Å². The second-order valence-electron chi connectivity index (χ2n) is 6.54. The fraction of sp³-hybridized carbons (Fsp3) is 0.130. The van der Waals surface area contributed by atoms with Gasteiger partial charge in [0, 0.05) is 22.2 Å². The highest BCUT2D eigenvalue weighted by Crippen LogP contribution is 2.18. The minimum atomic E-state index is -1.46. The smallest absolute Gasteiger partial charge is 0.335 e. The van der Waals surface area contributed by atoms with E-state index < -0.39 is 16.8 Å². The monoisotopic (exact) mass is 407 g/mol. The molecule has 0 saturated heterocycles. The van der Waals surface area contributed by atoms with E-state index in [2.05, 4.69) is 0 Å². The number of anilines is 1. The van der Waals surface area contributed by atoms with E-state index in [1.54, 1.807) is 17.0 Å². The van der Waals surface area contributed by atoms with Crippen LogP contribution in [0.4, 0.5) is 5.69 Å². The van der Waals surface area contributed by atoms with Crippen LogP contribution in [0, 0.1) is 0 Å². The molecule has 0 saturated carbocycles. The minimum Gasteiger partial charge on any atom is -0.478 e. The van der Waals surface area contributed by atoms with Gasteiger partial charge in [-0.25, -0.2) is 4.79 Å². The quantitative estimate of drug-likeness (QED) is 0.615. The van der Waals surface area contributed by atoms with Crippen molar-refractivity contribution >= 4 is 28.4 Å². The van der Waals surface area contributed by atoms with Gasteiger partial charge in [-0.3, -0.25) is 9.00 Å². The van der Waals surface area contributed by atoms with E-state index in [4.69, 9.17) is 5.11 Å². The topological polar surface area (TPSA) is 74.7 Å². The Morgan fingerprint density at radius 3 is 2.10 bits per heavy atom. The molecule has 1 N–H and O–H groups in total. The number of rotatable bonds is 8. The van der Waals surface area contributed by atoms with Gasteiger partial charge in [-0.15, -0.1) is 0 Å². The predicted octanol–water partition coefficient (Wildman–Crippen LogP) is 3.87. The number of amides is 1. The van der Waals surface area contributed by atoms with Gasteiger partial charge in [0.25, 0.3) is 0 Å². The molecule has 0 aliphatic rings. The van der Waals surface area contributed by atoms with Crippen LogP contribution in [0.1, 0.15) is 21.5 Å². The molecular formula is C23H21NO4S. The van der Waals surface area contributed by atoms with Gasteiger partial charge in [0.2, 0.25) is 5.91 Å². The van der Waals surface area contributed by atoms with Gasteiger partial charge >= 0.3 is 5.97 Å². The van der Waals surface area contributed by atoms with Gasteiger partial charge in [0.1, 0.15) is 5.75 Å². The third-order valence-electron chi connectivity index (χ3n) is 4.34. The van der Waals surface area contributed by atoms with Crippen molar-refractivity contribution in [2.75, 3.05) is 10.7 Å². The standard InChI is InChI=1S/C23H21NO4S/c25-22(17-29(28)16-19-10-7-11-20(14-19)23(26)27)24(21-12-5-2-6-13-21)15-18-8-3-1-4-9-18/h1-14H,15-17H2,(H,26,27). The largest absolute Gasteiger partial charge is 0.478 e. The minimum absolute atomic E-state index is 0.126. The van der Waals surface area contributed by atoms with E-state index in [0.29, 0.717) is 12.1 Å². The summed E-state index contributed by atoms with van der Waals surface area (Å²) < 4.78 is 12.6. The summed E-state index contributed by atoms with van der Waals surface area (Å²) in [5.41, 5.74) is 2.49. The summed E-state index contributed by atoms with van der Waals surface area (Å²) in [4.78, 5) is 25.7. The molecule has 0 radical (unpaired) electrons. The van der Waals surface area contributed by atoms with Gasteiger partial charge in [0.05, 0.1) is 12.1 Å². The number of aromatic carboxylic acids is 1. The number of carboxylic acid groups (broad SMARTS) is 1. The third-order valence-corrected chi connectivity index (χ3v) is 5.56. The van der Waals surface area contributed by atoms with E-state index >= 15 is 0 Å². The molecular weight excluding hydrogens is 386 g/mol. The van der Waals surface area contributed by atoms with Gasteiger partial charge in [-0.2, -0.15) is 0 Å². The van der Waals surface area contributed by atoms with Crippen molar-refractivity contribution in [1.82, 2.24) is 0 Å². The molecule has 0 aliphatic heterocycles. The Balaban J connectivity index is 1.73. The highest BCUT2D eigenvalue weighted by atomic mass is 32.2. The molecule has 148 valence electrons. The molecule has 5 nitrogen and oxygen atoms in total. The number of benzene rings is 3. The zero-order chi connectivity index (χ0) is 20.6. The average Bonchev–Trinajstić information content (AvgIpc) is 2.73. The lowest BCUT2D eigenvalue weighted by molar-refractivity contribution is -0.116. The maximum Gasteiger partial charge on any atom is 0.335 e. The number of carbonyl (C=O) groups is 2. The number of carboxylic acids is 1. The molecule has 1 amide bonds. The number of para-hydroxylation sites is 1. The molecule has 3 rings (SSSR count). The molecule has 1 atom stereocenters. The Hall–Kier alpha value is -3.25. The molecule has 3 aromatic rings. The molecule has 3 aromatic carbocycles. The fourth-order valence-corrected chi connectivity index (χ4v) is 4.03. The molecule has 1 unspecified atom stereocenters. The maximum atomic E-state index is 13.0. The summed E-state index contributed by atoms with van der Waals surface area (Å²) in [6.45, 7) is 0.384. The van der Waals surface area contributed by atoms with Crippen LogP contribution in [0.3, 0.4) is 0 Å². The van der Waals surface area contributed by atoms with Gasteiger partial charge in [0.15, 0.2) is 0 Å². The number of hydrogen-bond acceptors (Lipinski definition) is 3. The van der Waals surface area contributed by atoms with Crippen LogP contribution in [0.2, 0.25) is 0 Å². The highest BCUT2D eigenvalue weighted by Gasteiger charge is 2.19. The van der Waals surface area contributed by atoms with E-state index in [-0.39, 0.29) is 23.0 Å². The molecule has 0 heterocycles. The molecule has 0 aromatic heterocycles. The Morgan fingerprint density at radius 2 is 1.45 bits per heavy atom. The summed E-state index contributed by atoms with van der Waals surface area (Å²) in [6, 6.07) is 25.2. The Labute approximate surface area is 172 Å². The van der Waals surface area contributed by atoms with Crippen molar-refractivity contribution in [3.63, 3.8) is 0 Å². The maximum absolute atomic E-state index is 13.0. The van der Waals surface area contributed by atoms with E-state index in [0.717, 1.165) is 11.3 Å². The van der Waals surface area contributed by atoms with Crippen molar-refractivity contribution < 1.29 is 18.9 Å². The van der Waals surface area contributed by atoms with Gasteiger partial charge < -0.3 is 10.0 Å². The third kappa shape index (κ3) is 5.86. The lowest BCUT2D eigenvalue weighted by Gasteiger charge is -2.23. The van der Waals surface area contributed by atoms with Crippen molar-refractivity contribution in [2.24, 2.45) is 0 Å². The lowest BCUT2D eigenvalue weighted by atomic mass is 10.1. The Morgan fingerprint density at radius 1 is 0.828 bits per heavy atom. The Bertz CT molecular complexity index is 1010. The lowest BCUT2D eigenvalue weighted by Crippen LogP contribution is -2.34. The van der Waals surface area contributed by atoms with Crippen molar-refractivity contribution in [1.29, 1.82) is 0 Å². The fourth-order valence-electron chi connectivity index (χ4n) is 2.94. The van der Waals surface area contributed by atoms with Crippen LogP contribution in [-0.4, -0.2) is 26.9 Å². The van der Waals surface area contributed by atoms with Gasteiger partial charge in [-0.1, -0.05) is 60.7 Å². The summed E-state index contributed by atoms with van der Waals surface area (Å²) in [7, 11) is -1.46. The predicted molar refractivity (Wildman–Crippen MR) is 114 cm³/mol. The van der Waals surface area contributed by atoms with E-state index in [1.807, 2.05) is 60.7 Å². The zero-order valence-corrected chi connectivity index (χ0v) is 16.5. The summed E-state index contributed by atoms with van der Waals surface area (Å²) in [5, 5.41) is 9.09. The van der Waals surface area contributed by atoms with E-state index in [9.17, 15) is 13.8 Å². The SMILES string of the molecule is O=C(O)c1cccc(CS(=O)CC(=O)N(Cc2ccccc2)c2ccccc2)c1. The number of nitrogens with zero attached hydrogens (tertiary/aromatic N) is 1. The van der Waals surface area contributed by atoms with Crippen LogP contribution in [-0.2, 0) is 27.9 Å². The second kappa shape index (κ2) is 9.80. The van der Waals surface area contributed by atoms with Crippen LogP contribution in [0.25, 0.3) is 0 Å². The first-order chi connectivity index (χ1) is 14.0. The second-order valence-corrected chi connectivity index (χ2v) is 7.99. The molecule has 0 spiro atoms. The van der Waals surface area contributed by atoms with Crippen LogP contribution in [0.5, 0.6) is 0 Å². The number of carbonyl (C=O) groups excluding carboxylic acids is 1. The summed E-state index contributed by atoms with van der Waals surface area (Å²) >= 11 is 0. The first-order valence-corrected chi connectivity index (χ1v) is 10.6. The van der Waals surface area contributed by atoms with Crippen molar-refractivity contribution in [2.45, 2.75) is 12.3 Å². The number of hydrogen-bond donors (Lipinski definition) is 1. The van der Waals surface area contributed by atoms with Gasteiger partial charge in [-0.05, 0) is 35.4 Å². The van der Waals surface area contributed by atoms with Crippen molar-refractivity contribution in [3.8, 4) is 0 Å². The highest BCUT2D eigenvalue weighted by molar-refractivity contribution is 7.84. The first-order valence-electron chi connectivity index (χ1n) is 9.09. The van der Waals surface area contributed by atoms with Crippen LogP contribution >= 0.6 is 0 Å². The Kier molecular flexibility index (Phi) is 6.92. The zero-order valence-electron chi connectivity index (χ0n) is 15.7. The molecule has 0 fully saturated rings. The molecule has 0 bridgehead atoms. The molecule has 0 aliphatic carbocycles. The normalized spacial score (nSPS) is 11.6. The van der Waals surface area contributed by atoms with Crippen LogP contribution in [0.15, 0.2) is 84.9 Å². The average molecular weight is 407 g/mol. The molecule has 6 heteroatoms. The first kappa shape index (κ1) is 20.5. The summed E-state index contributed by atoms with van der Waals surface area (Å²) in [5.74, 6) is -1.29.